The summed E-state index contributed by atoms with van der Waals surface area (Å²) in [5, 5.41) is 7.01. The fourth-order valence-corrected chi connectivity index (χ4v) is 3.73. The molecule has 132 valence electrons. The van der Waals surface area contributed by atoms with Crippen LogP contribution in [0, 0.1) is 0 Å². The highest BCUT2D eigenvalue weighted by atomic mass is 16.5. The van der Waals surface area contributed by atoms with Gasteiger partial charge in [0.05, 0.1) is 6.10 Å². The molecule has 7 heteroatoms. The molecule has 2 aromatic rings. The van der Waals surface area contributed by atoms with Gasteiger partial charge in [-0.25, -0.2) is 4.79 Å². The minimum absolute atomic E-state index is 0.0367. The molecule has 2 saturated heterocycles. The van der Waals surface area contributed by atoms with Gasteiger partial charge in [0.1, 0.15) is 0 Å². The number of nitrogens with zero attached hydrogens (tertiary/aromatic N) is 3. The largest absolute Gasteiger partial charge is 0.376 e. The van der Waals surface area contributed by atoms with Crippen LogP contribution in [0.3, 0.4) is 0 Å². The van der Waals surface area contributed by atoms with Crippen molar-refractivity contribution in [2.75, 3.05) is 26.2 Å². The molecule has 2 fully saturated rings. The molecular weight excluding hydrogens is 320 g/mol. The number of carbonyl (C=O) groups is 1. The summed E-state index contributed by atoms with van der Waals surface area (Å²) < 4.78 is 10.5. The van der Waals surface area contributed by atoms with E-state index < -0.39 is 0 Å². The number of hydrogen-bond acceptors (Lipinski definition) is 5. The maximum atomic E-state index is 12.6. The molecule has 7 nitrogen and oxygen atoms in total. The lowest BCUT2D eigenvalue weighted by atomic mass is 9.88. The zero-order valence-corrected chi connectivity index (χ0v) is 14.0. The normalized spacial score (nSPS) is 26.1. The highest BCUT2D eigenvalue weighted by Crippen LogP contribution is 2.38. The van der Waals surface area contributed by atoms with Crippen molar-refractivity contribution in [3.05, 3.63) is 48.1 Å². The maximum Gasteiger partial charge on any atom is 0.317 e. The molecule has 0 unspecified atom stereocenters. The van der Waals surface area contributed by atoms with E-state index in [0.717, 1.165) is 19.4 Å². The first kappa shape index (κ1) is 16.1. The van der Waals surface area contributed by atoms with Crippen LogP contribution in [0.4, 0.5) is 4.79 Å². The molecule has 3 atom stereocenters. The summed E-state index contributed by atoms with van der Waals surface area (Å²) >= 11 is 0. The Bertz CT molecular complexity index is 686. The molecule has 3 heterocycles. The number of nitrogens with one attached hydrogen (secondary N) is 1. The van der Waals surface area contributed by atoms with Crippen LogP contribution >= 0.6 is 0 Å². The van der Waals surface area contributed by atoms with Crippen molar-refractivity contribution in [2.24, 2.45) is 0 Å². The van der Waals surface area contributed by atoms with Gasteiger partial charge in [0.25, 0.3) is 0 Å². The summed E-state index contributed by atoms with van der Waals surface area (Å²) in [6.45, 7) is 2.58. The quantitative estimate of drug-likeness (QED) is 0.921. The third-order valence-corrected chi connectivity index (χ3v) is 5.05. The van der Waals surface area contributed by atoms with E-state index in [1.807, 2.05) is 23.1 Å². The molecule has 0 spiro atoms. The predicted molar refractivity (Wildman–Crippen MR) is 90.2 cm³/mol. The van der Waals surface area contributed by atoms with E-state index in [1.54, 1.807) is 0 Å². The van der Waals surface area contributed by atoms with Gasteiger partial charge in [0.15, 0.2) is 5.82 Å². The summed E-state index contributed by atoms with van der Waals surface area (Å²) in [4.78, 5) is 18.7. The van der Waals surface area contributed by atoms with Gasteiger partial charge in [0.2, 0.25) is 6.39 Å². The number of amides is 2. The lowest BCUT2D eigenvalue weighted by molar-refractivity contribution is 0.109. The zero-order valence-electron chi connectivity index (χ0n) is 14.0. The van der Waals surface area contributed by atoms with Crippen molar-refractivity contribution < 1.29 is 14.1 Å². The SMILES string of the molecule is O=C(NC[C@@H]1CCCO1)N1C[C@H](c2ncon2)[C@H](c2ccccc2)C1. The fourth-order valence-electron chi connectivity index (χ4n) is 3.73. The third-order valence-electron chi connectivity index (χ3n) is 5.05. The van der Waals surface area contributed by atoms with Crippen LogP contribution in [0.1, 0.15) is 36.1 Å². The summed E-state index contributed by atoms with van der Waals surface area (Å²) in [5.41, 5.74) is 1.19. The van der Waals surface area contributed by atoms with Crippen LogP contribution < -0.4 is 5.32 Å². The van der Waals surface area contributed by atoms with Gasteiger partial charge < -0.3 is 19.5 Å². The third kappa shape index (κ3) is 3.51. The maximum absolute atomic E-state index is 12.6. The molecule has 2 amide bonds. The first-order valence-electron chi connectivity index (χ1n) is 8.77. The number of carbonyl (C=O) groups excluding carboxylic acids is 1. The van der Waals surface area contributed by atoms with Crippen LogP contribution in [0.2, 0.25) is 0 Å². The van der Waals surface area contributed by atoms with Crippen molar-refractivity contribution in [3.63, 3.8) is 0 Å². The van der Waals surface area contributed by atoms with Crippen molar-refractivity contribution in [3.8, 4) is 0 Å². The average molecular weight is 342 g/mol. The molecule has 2 aliphatic heterocycles. The topological polar surface area (TPSA) is 80.5 Å². The Morgan fingerprint density at radius 3 is 2.80 bits per heavy atom. The molecule has 1 N–H and O–H groups in total. The van der Waals surface area contributed by atoms with E-state index in [2.05, 4.69) is 27.6 Å². The Morgan fingerprint density at radius 1 is 1.24 bits per heavy atom. The number of urea groups is 1. The first-order chi connectivity index (χ1) is 12.3. The number of benzene rings is 1. The van der Waals surface area contributed by atoms with E-state index >= 15 is 0 Å². The second kappa shape index (κ2) is 7.23. The van der Waals surface area contributed by atoms with Gasteiger partial charge in [-0.2, -0.15) is 4.98 Å². The highest BCUT2D eigenvalue weighted by molar-refractivity contribution is 5.75. The molecule has 0 saturated carbocycles. The number of ether oxygens (including phenoxy) is 1. The van der Waals surface area contributed by atoms with Gasteiger partial charge in [-0.05, 0) is 18.4 Å². The Hall–Kier alpha value is -2.41. The van der Waals surface area contributed by atoms with Crippen LogP contribution in [0.15, 0.2) is 41.2 Å². The number of rotatable bonds is 4. The Labute approximate surface area is 146 Å². The van der Waals surface area contributed by atoms with Crippen LogP contribution in [-0.2, 0) is 4.74 Å². The minimum Gasteiger partial charge on any atom is -0.376 e. The van der Waals surface area contributed by atoms with Gasteiger partial charge in [-0.1, -0.05) is 35.5 Å². The second-order valence-electron chi connectivity index (χ2n) is 6.64. The average Bonchev–Trinajstić information content (AvgIpc) is 3.41. The number of aromatic nitrogens is 2. The fraction of sp³-hybridized carbons (Fsp3) is 0.500. The minimum atomic E-state index is -0.0533. The smallest absolute Gasteiger partial charge is 0.317 e. The van der Waals surface area contributed by atoms with E-state index in [4.69, 9.17) is 9.26 Å². The molecule has 4 rings (SSSR count). The monoisotopic (exact) mass is 342 g/mol. The van der Waals surface area contributed by atoms with Crippen molar-refractivity contribution in [2.45, 2.75) is 30.8 Å². The lowest BCUT2D eigenvalue weighted by Crippen LogP contribution is -2.41. The van der Waals surface area contributed by atoms with E-state index in [0.29, 0.717) is 25.5 Å². The first-order valence-corrected chi connectivity index (χ1v) is 8.77. The second-order valence-corrected chi connectivity index (χ2v) is 6.64. The van der Waals surface area contributed by atoms with Crippen molar-refractivity contribution in [1.29, 1.82) is 0 Å². The van der Waals surface area contributed by atoms with E-state index in [9.17, 15) is 4.79 Å². The van der Waals surface area contributed by atoms with Crippen LogP contribution in [0.5, 0.6) is 0 Å². The molecule has 25 heavy (non-hydrogen) atoms. The van der Waals surface area contributed by atoms with Crippen LogP contribution in [-0.4, -0.2) is 53.4 Å². The highest BCUT2D eigenvalue weighted by Gasteiger charge is 2.39. The molecule has 1 aromatic carbocycles. The van der Waals surface area contributed by atoms with Crippen molar-refractivity contribution in [1.82, 2.24) is 20.4 Å². The molecule has 1 aromatic heterocycles. The standard InChI is InChI=1S/C18H22N4O3/c23-18(19-9-14-7-4-8-24-14)22-10-15(13-5-2-1-3-6-13)16(11-22)17-20-12-25-21-17/h1-3,5-6,12,14-16H,4,7-11H2,(H,19,23)/t14-,15-,16-/m0/s1. The molecule has 0 radical (unpaired) electrons. The molecule has 0 aliphatic carbocycles. The van der Waals surface area contributed by atoms with Crippen molar-refractivity contribution >= 4 is 6.03 Å². The number of likely N-dealkylation sites (tertiary alicyclic amines) is 1. The Balaban J connectivity index is 1.46. The van der Waals surface area contributed by atoms with Crippen LogP contribution in [0.25, 0.3) is 0 Å². The summed E-state index contributed by atoms with van der Waals surface area (Å²) in [7, 11) is 0. The zero-order chi connectivity index (χ0) is 17.1. The number of hydrogen-bond donors (Lipinski definition) is 1. The van der Waals surface area contributed by atoms with Gasteiger partial charge in [-0.15, -0.1) is 0 Å². The molecular formula is C18H22N4O3. The molecule has 0 bridgehead atoms. The Kier molecular flexibility index (Phi) is 4.65. The van der Waals surface area contributed by atoms with Gasteiger partial charge >= 0.3 is 6.03 Å². The van der Waals surface area contributed by atoms with Gasteiger partial charge in [-0.3, -0.25) is 0 Å². The molecule has 2 aliphatic rings. The van der Waals surface area contributed by atoms with Gasteiger partial charge in [0, 0.05) is 38.1 Å². The van der Waals surface area contributed by atoms with E-state index in [1.165, 1.54) is 12.0 Å². The summed E-state index contributed by atoms with van der Waals surface area (Å²) in [5.74, 6) is 0.852. The summed E-state index contributed by atoms with van der Waals surface area (Å²) in [6.07, 6.45) is 3.57. The lowest BCUT2D eigenvalue weighted by Gasteiger charge is -2.19. The van der Waals surface area contributed by atoms with E-state index in [-0.39, 0.29) is 24.0 Å². The summed E-state index contributed by atoms with van der Waals surface area (Å²) in [6, 6.07) is 10.2. The predicted octanol–water partition coefficient (Wildman–Crippen LogP) is 2.14. The Morgan fingerprint density at radius 2 is 2.08 bits per heavy atom.